The van der Waals surface area contributed by atoms with Crippen LogP contribution in [0.5, 0.6) is 0 Å². The van der Waals surface area contributed by atoms with Crippen molar-refractivity contribution < 1.29 is 18.0 Å². The molecule has 0 N–H and O–H groups in total. The summed E-state index contributed by atoms with van der Waals surface area (Å²) in [6, 6.07) is 0.863. The molecule has 23 heavy (non-hydrogen) atoms. The van der Waals surface area contributed by atoms with Crippen molar-refractivity contribution in [3.63, 3.8) is 0 Å². The lowest BCUT2D eigenvalue weighted by Crippen LogP contribution is -2.45. The SMILES string of the molecule is CCO[Si](CCCCOC1C#CCCCCC1)(OCC)OCC. The van der Waals surface area contributed by atoms with Gasteiger partial charge in [-0.1, -0.05) is 12.3 Å². The van der Waals surface area contributed by atoms with E-state index in [0.717, 1.165) is 38.3 Å². The maximum absolute atomic E-state index is 5.93. The van der Waals surface area contributed by atoms with E-state index >= 15 is 0 Å². The van der Waals surface area contributed by atoms with E-state index in [2.05, 4.69) is 11.8 Å². The Kier molecular flexibility index (Phi) is 11.7. The molecule has 1 unspecified atom stereocenters. The number of rotatable bonds is 12. The number of hydrogen-bond donors (Lipinski definition) is 0. The van der Waals surface area contributed by atoms with Crippen molar-refractivity contribution in [3.8, 4) is 11.8 Å². The highest BCUT2D eigenvalue weighted by Gasteiger charge is 2.39. The van der Waals surface area contributed by atoms with Gasteiger partial charge in [-0.05, 0) is 52.9 Å². The molecule has 0 saturated carbocycles. The standard InChI is InChI=1S/C18H34O4Si/c1-4-20-23(21-5-2,22-6-3)17-13-12-16-19-18-14-10-8-7-9-11-15-18/h18H,4-10,12-14,16-17H2,1-3H3. The molecule has 0 radical (unpaired) electrons. The first-order valence-electron chi connectivity index (χ1n) is 9.28. The normalized spacial score (nSPS) is 18.8. The summed E-state index contributed by atoms with van der Waals surface area (Å²) in [4.78, 5) is 0. The van der Waals surface area contributed by atoms with Gasteiger partial charge in [-0.15, -0.1) is 5.92 Å². The topological polar surface area (TPSA) is 36.9 Å². The maximum atomic E-state index is 5.93. The molecule has 0 aliphatic heterocycles. The molecule has 5 heteroatoms. The van der Waals surface area contributed by atoms with E-state index in [0.29, 0.717) is 19.8 Å². The van der Waals surface area contributed by atoms with Crippen molar-refractivity contribution in [3.05, 3.63) is 0 Å². The van der Waals surface area contributed by atoms with E-state index < -0.39 is 8.80 Å². The third-order valence-corrected chi connectivity index (χ3v) is 6.97. The maximum Gasteiger partial charge on any atom is 0.500 e. The van der Waals surface area contributed by atoms with Crippen molar-refractivity contribution in [1.82, 2.24) is 0 Å². The fourth-order valence-electron chi connectivity index (χ4n) is 2.77. The van der Waals surface area contributed by atoms with Crippen LogP contribution in [0.25, 0.3) is 0 Å². The summed E-state index contributed by atoms with van der Waals surface area (Å²) in [5, 5.41) is 0. The van der Waals surface area contributed by atoms with E-state index in [1.807, 2.05) is 20.8 Å². The first-order valence-corrected chi connectivity index (χ1v) is 11.2. The number of ether oxygens (including phenoxy) is 1. The van der Waals surface area contributed by atoms with Gasteiger partial charge in [0, 0.05) is 38.9 Å². The molecule has 0 spiro atoms. The monoisotopic (exact) mass is 342 g/mol. The Hall–Kier alpha value is -0.383. The van der Waals surface area contributed by atoms with Crippen LogP contribution in [0.1, 0.15) is 65.7 Å². The lowest BCUT2D eigenvalue weighted by molar-refractivity contribution is 0.0655. The third-order valence-electron chi connectivity index (χ3n) is 3.82. The Morgan fingerprint density at radius 2 is 1.61 bits per heavy atom. The molecular formula is C18H34O4Si. The Labute approximate surface area is 143 Å². The molecule has 0 fully saturated rings. The predicted molar refractivity (Wildman–Crippen MR) is 95.3 cm³/mol. The van der Waals surface area contributed by atoms with Crippen molar-refractivity contribution >= 4 is 8.80 Å². The number of hydrogen-bond acceptors (Lipinski definition) is 4. The molecule has 1 aliphatic rings. The Balaban J connectivity index is 2.29. The smallest absolute Gasteiger partial charge is 0.374 e. The third kappa shape index (κ3) is 8.87. The van der Waals surface area contributed by atoms with Gasteiger partial charge in [0.25, 0.3) is 0 Å². The van der Waals surface area contributed by atoms with E-state index in [1.54, 1.807) is 0 Å². The molecule has 0 aromatic carbocycles. The van der Waals surface area contributed by atoms with Gasteiger partial charge in [-0.3, -0.25) is 0 Å². The van der Waals surface area contributed by atoms with Gasteiger partial charge in [0.1, 0.15) is 6.10 Å². The molecule has 1 aliphatic carbocycles. The first-order chi connectivity index (χ1) is 11.3. The van der Waals surface area contributed by atoms with E-state index in [1.165, 1.54) is 19.3 Å². The summed E-state index contributed by atoms with van der Waals surface area (Å²) in [7, 11) is -2.48. The lowest BCUT2D eigenvalue weighted by Gasteiger charge is -2.28. The molecule has 0 heterocycles. The lowest BCUT2D eigenvalue weighted by atomic mass is 10.1. The highest BCUT2D eigenvalue weighted by atomic mass is 28.4. The molecule has 0 aromatic rings. The van der Waals surface area contributed by atoms with Crippen molar-refractivity contribution in [2.75, 3.05) is 26.4 Å². The fourth-order valence-corrected chi connectivity index (χ4v) is 5.46. The molecule has 0 aromatic heterocycles. The van der Waals surface area contributed by atoms with E-state index in [9.17, 15) is 0 Å². The minimum atomic E-state index is -2.48. The Bertz CT molecular complexity index is 334. The van der Waals surface area contributed by atoms with Crippen LogP contribution in [-0.2, 0) is 18.0 Å². The Morgan fingerprint density at radius 1 is 0.913 bits per heavy atom. The van der Waals surface area contributed by atoms with Crippen molar-refractivity contribution in [2.24, 2.45) is 0 Å². The van der Waals surface area contributed by atoms with Crippen molar-refractivity contribution in [1.29, 1.82) is 0 Å². The summed E-state index contributed by atoms with van der Waals surface area (Å²) < 4.78 is 23.5. The average molecular weight is 343 g/mol. The number of unbranched alkanes of at least 4 members (excludes halogenated alkanes) is 1. The fraction of sp³-hybridized carbons (Fsp3) is 0.889. The zero-order valence-corrected chi connectivity index (χ0v) is 16.2. The first kappa shape index (κ1) is 20.7. The van der Waals surface area contributed by atoms with Crippen LogP contribution in [0.4, 0.5) is 0 Å². The summed E-state index contributed by atoms with van der Waals surface area (Å²) >= 11 is 0. The molecular weight excluding hydrogens is 308 g/mol. The molecule has 134 valence electrons. The molecule has 4 nitrogen and oxygen atoms in total. The van der Waals surface area contributed by atoms with Crippen LogP contribution in [0.3, 0.4) is 0 Å². The minimum absolute atomic E-state index is 0.128. The predicted octanol–water partition coefficient (Wildman–Crippen LogP) is 4.17. The van der Waals surface area contributed by atoms with Crippen LogP contribution in [-0.4, -0.2) is 41.3 Å². The van der Waals surface area contributed by atoms with Gasteiger partial charge >= 0.3 is 8.80 Å². The van der Waals surface area contributed by atoms with Gasteiger partial charge in [0.05, 0.1) is 0 Å². The van der Waals surface area contributed by atoms with Gasteiger partial charge in [0.2, 0.25) is 0 Å². The van der Waals surface area contributed by atoms with Crippen LogP contribution >= 0.6 is 0 Å². The van der Waals surface area contributed by atoms with Crippen molar-refractivity contribution in [2.45, 2.75) is 77.9 Å². The second-order valence-corrected chi connectivity index (χ2v) is 8.45. The van der Waals surface area contributed by atoms with Crippen LogP contribution in [0.2, 0.25) is 6.04 Å². The van der Waals surface area contributed by atoms with Gasteiger partial charge < -0.3 is 18.0 Å². The van der Waals surface area contributed by atoms with Crippen LogP contribution in [0, 0.1) is 11.8 Å². The van der Waals surface area contributed by atoms with Gasteiger partial charge in [-0.2, -0.15) is 0 Å². The summed E-state index contributed by atoms with van der Waals surface area (Å²) in [6.45, 7) is 8.66. The largest absolute Gasteiger partial charge is 0.500 e. The van der Waals surface area contributed by atoms with E-state index in [4.69, 9.17) is 18.0 Å². The second kappa shape index (κ2) is 13.0. The van der Waals surface area contributed by atoms with Gasteiger partial charge in [0.15, 0.2) is 0 Å². The Morgan fingerprint density at radius 3 is 2.26 bits per heavy atom. The summed E-state index contributed by atoms with van der Waals surface area (Å²) in [5.41, 5.74) is 0. The highest BCUT2D eigenvalue weighted by molar-refractivity contribution is 6.60. The van der Waals surface area contributed by atoms with Crippen LogP contribution < -0.4 is 0 Å². The molecule has 1 rings (SSSR count). The molecule has 0 bridgehead atoms. The molecule has 1 atom stereocenters. The second-order valence-electron chi connectivity index (χ2n) is 5.72. The zero-order valence-electron chi connectivity index (χ0n) is 15.2. The molecule has 0 saturated heterocycles. The average Bonchev–Trinajstić information content (AvgIpc) is 2.49. The van der Waals surface area contributed by atoms with E-state index in [-0.39, 0.29) is 6.10 Å². The summed E-state index contributed by atoms with van der Waals surface area (Å²) in [6.07, 6.45) is 7.97. The minimum Gasteiger partial charge on any atom is -0.374 e. The quantitative estimate of drug-likeness (QED) is 0.303. The van der Waals surface area contributed by atoms with Crippen LogP contribution in [0.15, 0.2) is 0 Å². The van der Waals surface area contributed by atoms with Gasteiger partial charge in [-0.25, -0.2) is 0 Å². The molecule has 0 amide bonds. The summed E-state index contributed by atoms with van der Waals surface area (Å²) in [5.74, 6) is 6.48. The zero-order chi connectivity index (χ0) is 16.8. The highest BCUT2D eigenvalue weighted by Crippen LogP contribution is 2.19.